The fourth-order valence-electron chi connectivity index (χ4n) is 3.80. The normalized spacial score (nSPS) is 17.3. The highest BCUT2D eigenvalue weighted by Gasteiger charge is 2.36. The van der Waals surface area contributed by atoms with Gasteiger partial charge >= 0.3 is 0 Å². The van der Waals surface area contributed by atoms with Gasteiger partial charge in [0.1, 0.15) is 23.1 Å². The minimum atomic E-state index is -3.60. The van der Waals surface area contributed by atoms with Gasteiger partial charge in [-0.15, -0.1) is 0 Å². The minimum Gasteiger partial charge on any atom is -0.487 e. The van der Waals surface area contributed by atoms with Gasteiger partial charge in [0.25, 0.3) is 0 Å². The first-order valence-corrected chi connectivity index (χ1v) is 11.8. The van der Waals surface area contributed by atoms with E-state index >= 15 is 0 Å². The van der Waals surface area contributed by atoms with Crippen LogP contribution in [0.15, 0.2) is 41.4 Å². The molecule has 0 spiro atoms. The smallest absolute Gasteiger partial charge is 0.246 e. The number of halogens is 1. The van der Waals surface area contributed by atoms with E-state index in [2.05, 4.69) is 15.3 Å². The number of aromatic nitrogens is 4. The van der Waals surface area contributed by atoms with Crippen molar-refractivity contribution in [2.45, 2.75) is 50.7 Å². The molecule has 0 saturated carbocycles. The Kier molecular flexibility index (Phi) is 6.10. The number of hydrogen-bond acceptors (Lipinski definition) is 5. The van der Waals surface area contributed by atoms with Crippen LogP contribution in [0.3, 0.4) is 0 Å². The first-order chi connectivity index (χ1) is 14.9. The predicted molar refractivity (Wildman–Crippen MR) is 113 cm³/mol. The van der Waals surface area contributed by atoms with Crippen molar-refractivity contribution in [3.8, 4) is 5.75 Å². The molecular formula is C21H26FN5O3S. The van der Waals surface area contributed by atoms with Gasteiger partial charge in [-0.25, -0.2) is 12.8 Å². The molecular weight excluding hydrogens is 421 g/mol. The highest BCUT2D eigenvalue weighted by molar-refractivity contribution is 7.89. The van der Waals surface area contributed by atoms with E-state index in [1.807, 2.05) is 13.0 Å². The molecule has 10 heteroatoms. The van der Waals surface area contributed by atoms with Crippen molar-refractivity contribution in [1.29, 1.82) is 0 Å². The topological polar surface area (TPSA) is 93.1 Å². The summed E-state index contributed by atoms with van der Waals surface area (Å²) < 4.78 is 48.3. The van der Waals surface area contributed by atoms with E-state index < -0.39 is 10.0 Å². The number of benzene rings is 1. The lowest BCUT2D eigenvalue weighted by Crippen LogP contribution is -2.29. The molecule has 1 saturated heterocycles. The Bertz CT molecular complexity index is 1160. The Morgan fingerprint density at radius 1 is 1.32 bits per heavy atom. The summed E-state index contributed by atoms with van der Waals surface area (Å²) >= 11 is 0. The zero-order chi connectivity index (χ0) is 22.0. The molecule has 1 aliphatic heterocycles. The van der Waals surface area contributed by atoms with Crippen molar-refractivity contribution in [2.75, 3.05) is 13.1 Å². The van der Waals surface area contributed by atoms with Crippen LogP contribution >= 0.6 is 0 Å². The maximum Gasteiger partial charge on any atom is 0.246 e. The van der Waals surface area contributed by atoms with Crippen LogP contribution in [-0.2, 0) is 23.2 Å². The number of nitrogens with one attached hydrogen (secondary N) is 1. The van der Waals surface area contributed by atoms with Crippen LogP contribution in [0.25, 0.3) is 0 Å². The molecule has 0 radical (unpaired) electrons. The lowest BCUT2D eigenvalue weighted by atomic mass is 10.1. The summed E-state index contributed by atoms with van der Waals surface area (Å²) in [4.78, 5) is 0.271. The molecule has 1 N–H and O–H groups in total. The Morgan fingerprint density at radius 2 is 2.16 bits per heavy atom. The second-order valence-electron chi connectivity index (χ2n) is 7.75. The van der Waals surface area contributed by atoms with Gasteiger partial charge in [-0.05, 0) is 38.0 Å². The average Bonchev–Trinajstić information content (AvgIpc) is 3.46. The van der Waals surface area contributed by atoms with E-state index in [1.54, 1.807) is 29.9 Å². The highest BCUT2D eigenvalue weighted by atomic mass is 32.2. The molecule has 3 aromatic rings. The van der Waals surface area contributed by atoms with Gasteiger partial charge in [-0.1, -0.05) is 13.0 Å². The predicted octanol–water partition coefficient (Wildman–Crippen LogP) is 3.22. The van der Waals surface area contributed by atoms with Crippen molar-refractivity contribution < 1.29 is 17.5 Å². The molecule has 2 aromatic heterocycles. The van der Waals surface area contributed by atoms with Crippen LogP contribution in [0, 0.1) is 12.7 Å². The SMILES string of the molecule is CCCn1cc(S(=O)(=O)N2CCC(c3cc(COc4cccc(F)c4)[nH]n3)C2)c(C)n1. The molecule has 0 bridgehead atoms. The molecule has 1 atom stereocenters. The third-order valence-corrected chi connectivity index (χ3v) is 7.35. The van der Waals surface area contributed by atoms with Gasteiger partial charge in [-0.2, -0.15) is 14.5 Å². The van der Waals surface area contributed by atoms with E-state index in [9.17, 15) is 12.8 Å². The molecule has 1 fully saturated rings. The maximum absolute atomic E-state index is 13.3. The zero-order valence-electron chi connectivity index (χ0n) is 17.6. The van der Waals surface area contributed by atoms with Crippen LogP contribution in [0.2, 0.25) is 0 Å². The molecule has 0 amide bonds. The molecule has 8 nitrogen and oxygen atoms in total. The molecule has 4 rings (SSSR count). The third-order valence-electron chi connectivity index (χ3n) is 5.38. The number of H-pyrrole nitrogens is 1. The first-order valence-electron chi connectivity index (χ1n) is 10.3. The number of aryl methyl sites for hydroxylation is 2. The van der Waals surface area contributed by atoms with Gasteiger partial charge in [0.05, 0.1) is 17.1 Å². The summed E-state index contributed by atoms with van der Waals surface area (Å²) in [6.45, 7) is 5.47. The number of rotatable bonds is 8. The standard InChI is InChI=1S/C21H26FN5O3S/c1-3-8-26-13-21(15(2)25-26)31(28,29)27-9-7-16(12-27)20-11-18(23-24-20)14-30-19-6-4-5-17(22)10-19/h4-6,10-11,13,16H,3,7-9,12,14H2,1-2H3,(H,23,24). The molecule has 31 heavy (non-hydrogen) atoms. The Morgan fingerprint density at radius 3 is 2.94 bits per heavy atom. The van der Waals surface area contributed by atoms with E-state index in [1.165, 1.54) is 16.4 Å². The fraction of sp³-hybridized carbons (Fsp3) is 0.429. The number of aromatic amines is 1. The third kappa shape index (κ3) is 4.64. The van der Waals surface area contributed by atoms with Crippen LogP contribution in [-0.4, -0.2) is 45.8 Å². The van der Waals surface area contributed by atoms with E-state index in [0.29, 0.717) is 37.5 Å². The summed E-state index contributed by atoms with van der Waals surface area (Å²) in [7, 11) is -3.60. The van der Waals surface area contributed by atoms with Gasteiger partial charge in [0, 0.05) is 37.8 Å². The number of hydrogen-bond donors (Lipinski definition) is 1. The van der Waals surface area contributed by atoms with Crippen LogP contribution in [0.4, 0.5) is 4.39 Å². The van der Waals surface area contributed by atoms with Gasteiger partial charge < -0.3 is 4.74 Å². The Balaban J connectivity index is 1.41. The maximum atomic E-state index is 13.3. The molecule has 166 valence electrons. The van der Waals surface area contributed by atoms with Crippen molar-refractivity contribution in [2.24, 2.45) is 0 Å². The summed E-state index contributed by atoms with van der Waals surface area (Å²) in [5.41, 5.74) is 2.07. The minimum absolute atomic E-state index is 0.0000578. The first kappa shape index (κ1) is 21.5. The lowest BCUT2D eigenvalue weighted by Gasteiger charge is -2.15. The molecule has 1 aliphatic rings. The number of nitrogens with zero attached hydrogens (tertiary/aromatic N) is 4. The second-order valence-corrected chi connectivity index (χ2v) is 9.66. The van der Waals surface area contributed by atoms with E-state index in [-0.39, 0.29) is 23.2 Å². The summed E-state index contributed by atoms with van der Waals surface area (Å²) in [6.07, 6.45) is 3.20. The van der Waals surface area contributed by atoms with Crippen molar-refractivity contribution in [1.82, 2.24) is 24.3 Å². The van der Waals surface area contributed by atoms with Crippen molar-refractivity contribution in [3.05, 3.63) is 59.4 Å². The van der Waals surface area contributed by atoms with Crippen LogP contribution in [0.5, 0.6) is 5.75 Å². The fourth-order valence-corrected chi connectivity index (χ4v) is 5.47. The molecule has 3 heterocycles. The van der Waals surface area contributed by atoms with E-state index in [4.69, 9.17) is 4.74 Å². The monoisotopic (exact) mass is 447 g/mol. The molecule has 1 unspecified atom stereocenters. The van der Waals surface area contributed by atoms with Gasteiger partial charge in [-0.3, -0.25) is 9.78 Å². The molecule has 1 aromatic carbocycles. The summed E-state index contributed by atoms with van der Waals surface area (Å²) in [5.74, 6) is 0.0822. The highest BCUT2D eigenvalue weighted by Crippen LogP contribution is 2.31. The van der Waals surface area contributed by atoms with Crippen molar-refractivity contribution in [3.63, 3.8) is 0 Å². The summed E-state index contributed by atoms with van der Waals surface area (Å²) in [6, 6.07) is 7.83. The average molecular weight is 448 g/mol. The van der Waals surface area contributed by atoms with Crippen molar-refractivity contribution >= 4 is 10.0 Å². The van der Waals surface area contributed by atoms with Crippen LogP contribution < -0.4 is 4.74 Å². The van der Waals surface area contributed by atoms with Gasteiger partial charge in [0.2, 0.25) is 10.0 Å². The number of ether oxygens (including phenoxy) is 1. The largest absolute Gasteiger partial charge is 0.487 e. The number of sulfonamides is 1. The van der Waals surface area contributed by atoms with E-state index in [0.717, 1.165) is 17.8 Å². The van der Waals surface area contributed by atoms with Crippen LogP contribution in [0.1, 0.15) is 42.8 Å². The second kappa shape index (κ2) is 8.80. The Labute approximate surface area is 181 Å². The van der Waals surface area contributed by atoms with Gasteiger partial charge in [0.15, 0.2) is 0 Å². The quantitative estimate of drug-likeness (QED) is 0.572. The molecule has 0 aliphatic carbocycles. The summed E-state index contributed by atoms with van der Waals surface area (Å²) in [5, 5.41) is 11.6. The Hall–Kier alpha value is -2.72. The zero-order valence-corrected chi connectivity index (χ0v) is 18.4. The lowest BCUT2D eigenvalue weighted by molar-refractivity contribution is 0.299.